The molecule has 12 heteroatoms. The SMILES string of the molecule is CC(C)(C)OC(=O)Nc1ccccc1CNC(=O)c1ccc(C(=O)NC(=N)NC(=O)OCc2ccccc2)o1. The van der Waals surface area contributed by atoms with Crippen molar-refractivity contribution in [3.63, 3.8) is 0 Å². The quantitative estimate of drug-likeness (QED) is 0.223. The van der Waals surface area contributed by atoms with Crippen molar-refractivity contribution in [3.05, 3.63) is 89.4 Å². The molecule has 0 aliphatic heterocycles. The predicted octanol–water partition coefficient (Wildman–Crippen LogP) is 4.15. The molecule has 3 aromatic rings. The Morgan fingerprint density at radius 3 is 2.15 bits per heavy atom. The zero-order valence-corrected chi connectivity index (χ0v) is 21.6. The lowest BCUT2D eigenvalue weighted by Crippen LogP contribution is -2.43. The number of furan rings is 1. The van der Waals surface area contributed by atoms with Crippen LogP contribution in [0, 0.1) is 5.41 Å². The van der Waals surface area contributed by atoms with Gasteiger partial charge in [0.05, 0.1) is 0 Å². The fourth-order valence-corrected chi connectivity index (χ4v) is 3.12. The van der Waals surface area contributed by atoms with Crippen molar-refractivity contribution in [2.45, 2.75) is 39.5 Å². The number of hydrogen-bond donors (Lipinski definition) is 5. The Kier molecular flexibility index (Phi) is 9.41. The van der Waals surface area contributed by atoms with Crippen LogP contribution in [0.25, 0.3) is 0 Å². The summed E-state index contributed by atoms with van der Waals surface area (Å²) in [7, 11) is 0. The number of anilines is 1. The average Bonchev–Trinajstić information content (AvgIpc) is 3.37. The summed E-state index contributed by atoms with van der Waals surface area (Å²) in [4.78, 5) is 48.9. The molecule has 0 unspecified atom stereocenters. The van der Waals surface area contributed by atoms with E-state index in [1.54, 1.807) is 69.3 Å². The monoisotopic (exact) mass is 535 g/mol. The number of hydrogen-bond acceptors (Lipinski definition) is 8. The van der Waals surface area contributed by atoms with Gasteiger partial charge >= 0.3 is 12.2 Å². The molecular weight excluding hydrogens is 506 g/mol. The summed E-state index contributed by atoms with van der Waals surface area (Å²) in [5.74, 6) is -2.50. The molecule has 0 aliphatic carbocycles. The van der Waals surface area contributed by atoms with Crippen molar-refractivity contribution in [1.82, 2.24) is 16.0 Å². The number of rotatable bonds is 7. The highest BCUT2D eigenvalue weighted by Crippen LogP contribution is 2.17. The summed E-state index contributed by atoms with van der Waals surface area (Å²) in [6.45, 7) is 5.28. The zero-order chi connectivity index (χ0) is 28.4. The molecule has 2 aromatic carbocycles. The zero-order valence-electron chi connectivity index (χ0n) is 21.6. The second kappa shape index (κ2) is 12.9. The van der Waals surface area contributed by atoms with Crippen LogP contribution in [0.2, 0.25) is 0 Å². The summed E-state index contributed by atoms with van der Waals surface area (Å²) in [5, 5.41) is 17.3. The predicted molar refractivity (Wildman–Crippen MR) is 141 cm³/mol. The lowest BCUT2D eigenvalue weighted by Gasteiger charge is -2.20. The Morgan fingerprint density at radius 1 is 0.821 bits per heavy atom. The van der Waals surface area contributed by atoms with Crippen molar-refractivity contribution < 1.29 is 33.1 Å². The second-order valence-electron chi connectivity index (χ2n) is 9.15. The first-order chi connectivity index (χ1) is 18.5. The van der Waals surface area contributed by atoms with Crippen molar-refractivity contribution in [1.29, 1.82) is 5.41 Å². The minimum Gasteiger partial charge on any atom is -0.446 e. The maximum absolute atomic E-state index is 12.6. The molecule has 4 amide bonds. The maximum atomic E-state index is 12.6. The first-order valence-corrected chi connectivity index (χ1v) is 11.8. The van der Waals surface area contributed by atoms with E-state index in [0.717, 1.165) is 5.56 Å². The van der Waals surface area contributed by atoms with E-state index in [2.05, 4.69) is 21.3 Å². The van der Waals surface area contributed by atoms with Crippen LogP contribution in [-0.4, -0.2) is 35.6 Å². The third-order valence-corrected chi connectivity index (χ3v) is 4.82. The standard InChI is InChI=1S/C27H29N5O7/c1-27(2,3)39-26(36)30-19-12-8-7-11-18(19)15-29-22(33)20-13-14-21(38-20)23(34)31-24(28)32-25(35)37-16-17-9-5-4-6-10-17/h4-14H,15-16H2,1-3H3,(H,29,33)(H,30,36)(H3,28,31,32,34,35). The summed E-state index contributed by atoms with van der Waals surface area (Å²) in [6, 6.07) is 18.4. The third kappa shape index (κ3) is 9.35. The van der Waals surface area contributed by atoms with Gasteiger partial charge < -0.3 is 19.2 Å². The minimum atomic E-state index is -0.926. The molecule has 0 spiro atoms. The molecule has 39 heavy (non-hydrogen) atoms. The van der Waals surface area contributed by atoms with Crippen molar-refractivity contribution >= 4 is 35.6 Å². The number of para-hydroxylation sites is 1. The van der Waals surface area contributed by atoms with Crippen LogP contribution in [-0.2, 0) is 22.6 Å². The van der Waals surface area contributed by atoms with Gasteiger partial charge in [-0.05, 0) is 50.1 Å². The van der Waals surface area contributed by atoms with Crippen LogP contribution in [0.15, 0.2) is 71.1 Å². The normalized spacial score (nSPS) is 10.6. The van der Waals surface area contributed by atoms with Crippen molar-refractivity contribution in [2.24, 2.45) is 0 Å². The second-order valence-corrected chi connectivity index (χ2v) is 9.15. The first-order valence-electron chi connectivity index (χ1n) is 11.8. The fraction of sp³-hybridized carbons (Fsp3) is 0.222. The highest BCUT2D eigenvalue weighted by atomic mass is 16.6. The van der Waals surface area contributed by atoms with Gasteiger partial charge in [-0.1, -0.05) is 48.5 Å². The molecule has 0 atom stereocenters. The number of nitrogens with one attached hydrogen (secondary N) is 5. The highest BCUT2D eigenvalue weighted by Gasteiger charge is 2.19. The van der Waals surface area contributed by atoms with E-state index in [1.165, 1.54) is 12.1 Å². The molecule has 0 bridgehead atoms. The van der Waals surface area contributed by atoms with Crippen LogP contribution in [0.1, 0.15) is 53.0 Å². The Hall–Kier alpha value is -5.13. The average molecular weight is 536 g/mol. The lowest BCUT2D eigenvalue weighted by atomic mass is 10.1. The first kappa shape index (κ1) is 28.4. The van der Waals surface area contributed by atoms with E-state index >= 15 is 0 Å². The summed E-state index contributed by atoms with van der Waals surface area (Å²) in [5.41, 5.74) is 1.16. The number of carbonyl (C=O) groups excluding carboxylic acids is 4. The molecule has 12 nitrogen and oxygen atoms in total. The summed E-state index contributed by atoms with van der Waals surface area (Å²) >= 11 is 0. The smallest absolute Gasteiger partial charge is 0.414 e. The van der Waals surface area contributed by atoms with E-state index in [0.29, 0.717) is 11.3 Å². The molecule has 1 heterocycles. The molecule has 1 aromatic heterocycles. The molecule has 0 radical (unpaired) electrons. The number of amides is 4. The van der Waals surface area contributed by atoms with E-state index in [4.69, 9.17) is 19.3 Å². The Balaban J connectivity index is 1.49. The number of benzene rings is 2. The van der Waals surface area contributed by atoms with E-state index in [-0.39, 0.29) is 24.7 Å². The van der Waals surface area contributed by atoms with Gasteiger partial charge in [-0.3, -0.25) is 30.9 Å². The van der Waals surface area contributed by atoms with Crippen LogP contribution in [0.3, 0.4) is 0 Å². The van der Waals surface area contributed by atoms with Gasteiger partial charge in [0.15, 0.2) is 11.5 Å². The molecule has 0 saturated carbocycles. The molecular formula is C27H29N5O7. The van der Waals surface area contributed by atoms with Gasteiger partial charge in [0, 0.05) is 12.2 Å². The van der Waals surface area contributed by atoms with Gasteiger partial charge in [-0.15, -0.1) is 0 Å². The van der Waals surface area contributed by atoms with Crippen LogP contribution < -0.4 is 21.3 Å². The molecule has 5 N–H and O–H groups in total. The van der Waals surface area contributed by atoms with Crippen LogP contribution in [0.5, 0.6) is 0 Å². The van der Waals surface area contributed by atoms with Crippen LogP contribution >= 0.6 is 0 Å². The van der Waals surface area contributed by atoms with E-state index in [9.17, 15) is 19.2 Å². The van der Waals surface area contributed by atoms with E-state index < -0.39 is 35.6 Å². The minimum absolute atomic E-state index is 0.00784. The number of ether oxygens (including phenoxy) is 2. The summed E-state index contributed by atoms with van der Waals surface area (Å²) < 4.78 is 15.5. The van der Waals surface area contributed by atoms with Gasteiger partial charge in [0.25, 0.3) is 11.8 Å². The van der Waals surface area contributed by atoms with Crippen molar-refractivity contribution in [3.8, 4) is 0 Å². The van der Waals surface area contributed by atoms with Gasteiger partial charge in [-0.2, -0.15) is 0 Å². The largest absolute Gasteiger partial charge is 0.446 e. The Bertz CT molecular complexity index is 1350. The number of guanidine groups is 1. The van der Waals surface area contributed by atoms with E-state index in [1.807, 2.05) is 6.07 Å². The van der Waals surface area contributed by atoms with Gasteiger partial charge in [0.1, 0.15) is 12.2 Å². The maximum Gasteiger partial charge on any atom is 0.414 e. The summed E-state index contributed by atoms with van der Waals surface area (Å²) in [6.07, 6.45) is -1.56. The van der Waals surface area contributed by atoms with Crippen molar-refractivity contribution in [2.75, 3.05) is 5.32 Å². The third-order valence-electron chi connectivity index (χ3n) is 4.82. The van der Waals surface area contributed by atoms with Gasteiger partial charge in [0.2, 0.25) is 5.96 Å². The van der Waals surface area contributed by atoms with Gasteiger partial charge in [-0.25, -0.2) is 9.59 Å². The topological polar surface area (TPSA) is 172 Å². The number of carbonyl (C=O) groups is 4. The lowest BCUT2D eigenvalue weighted by molar-refractivity contribution is 0.0635. The molecule has 3 rings (SSSR count). The fourth-order valence-electron chi connectivity index (χ4n) is 3.12. The highest BCUT2D eigenvalue weighted by molar-refractivity contribution is 6.07. The molecule has 0 fully saturated rings. The Morgan fingerprint density at radius 2 is 1.46 bits per heavy atom. The Labute approximate surface area is 224 Å². The molecule has 0 aliphatic rings. The molecule has 204 valence electrons. The molecule has 0 saturated heterocycles. The number of alkyl carbamates (subject to hydrolysis) is 1. The van der Waals surface area contributed by atoms with Crippen LogP contribution in [0.4, 0.5) is 15.3 Å².